The van der Waals surface area contributed by atoms with Crippen molar-refractivity contribution in [3.05, 3.63) is 47.7 Å². The maximum atomic E-state index is 5.11. The molecule has 0 spiro atoms. The van der Waals surface area contributed by atoms with Crippen LogP contribution in [0.4, 0.5) is 5.82 Å². The van der Waals surface area contributed by atoms with E-state index in [2.05, 4.69) is 35.4 Å². The number of hydrogen-bond donors (Lipinski definition) is 2. The van der Waals surface area contributed by atoms with Crippen molar-refractivity contribution in [2.75, 3.05) is 12.4 Å². The molecule has 0 radical (unpaired) electrons. The summed E-state index contributed by atoms with van der Waals surface area (Å²) in [5.41, 5.74) is 2.46. The largest absolute Gasteiger partial charge is 0.497 e. The van der Waals surface area contributed by atoms with Gasteiger partial charge in [0.15, 0.2) is 0 Å². The summed E-state index contributed by atoms with van der Waals surface area (Å²) in [5.74, 6) is 1.97. The van der Waals surface area contributed by atoms with E-state index in [0.717, 1.165) is 18.1 Å². The Bertz CT molecular complexity index is 445. The molecule has 2 rings (SSSR count). The van der Waals surface area contributed by atoms with Gasteiger partial charge in [0.2, 0.25) is 0 Å². The lowest BCUT2D eigenvalue weighted by Gasteiger charge is -2.06. The van der Waals surface area contributed by atoms with Gasteiger partial charge in [-0.3, -0.25) is 0 Å². The predicted octanol–water partition coefficient (Wildman–Crippen LogP) is 2.94. The van der Waals surface area contributed by atoms with Crippen LogP contribution in [0.15, 0.2) is 36.5 Å². The number of methoxy groups -OCH3 is 1. The number of aryl methyl sites for hydroxylation is 1. The fourth-order valence-corrected chi connectivity index (χ4v) is 1.57. The molecule has 0 saturated heterocycles. The van der Waals surface area contributed by atoms with Gasteiger partial charge >= 0.3 is 0 Å². The van der Waals surface area contributed by atoms with Gasteiger partial charge in [0.25, 0.3) is 0 Å². The first-order valence-electron chi connectivity index (χ1n) is 5.30. The third-order valence-corrected chi connectivity index (χ3v) is 2.58. The van der Waals surface area contributed by atoms with Crippen molar-refractivity contribution in [1.82, 2.24) is 4.98 Å². The molecule has 0 atom stereocenters. The Morgan fingerprint density at radius 3 is 2.50 bits per heavy atom. The van der Waals surface area contributed by atoms with Crippen LogP contribution < -0.4 is 10.1 Å². The van der Waals surface area contributed by atoms with Gasteiger partial charge in [-0.15, -0.1) is 0 Å². The monoisotopic (exact) mass is 216 g/mol. The Kier molecular flexibility index (Phi) is 3.15. The number of aromatic nitrogens is 1. The fraction of sp³-hybridized carbons (Fsp3) is 0.231. The van der Waals surface area contributed by atoms with Crippen molar-refractivity contribution < 1.29 is 4.74 Å². The molecule has 0 unspecified atom stereocenters. The highest BCUT2D eigenvalue weighted by Crippen LogP contribution is 2.14. The third kappa shape index (κ3) is 2.37. The highest BCUT2D eigenvalue weighted by Gasteiger charge is 1.98. The van der Waals surface area contributed by atoms with E-state index < -0.39 is 0 Å². The molecular formula is C13H16N2O. The number of ether oxygens (including phenoxy) is 1. The van der Waals surface area contributed by atoms with Gasteiger partial charge in [-0.2, -0.15) is 0 Å². The average Bonchev–Trinajstić information content (AvgIpc) is 2.73. The van der Waals surface area contributed by atoms with Crippen LogP contribution in [0.5, 0.6) is 5.75 Å². The summed E-state index contributed by atoms with van der Waals surface area (Å²) in [6.07, 6.45) is 1.94. The van der Waals surface area contributed by atoms with Crippen molar-refractivity contribution in [2.24, 2.45) is 0 Å². The van der Waals surface area contributed by atoms with E-state index in [1.54, 1.807) is 7.11 Å². The Morgan fingerprint density at radius 1 is 1.19 bits per heavy atom. The number of aromatic amines is 1. The van der Waals surface area contributed by atoms with Gasteiger partial charge in [-0.1, -0.05) is 12.1 Å². The van der Waals surface area contributed by atoms with Gasteiger partial charge in [0.1, 0.15) is 11.6 Å². The lowest BCUT2D eigenvalue weighted by Crippen LogP contribution is -2.00. The zero-order chi connectivity index (χ0) is 11.4. The van der Waals surface area contributed by atoms with Gasteiger partial charge in [-0.25, -0.2) is 0 Å². The summed E-state index contributed by atoms with van der Waals surface area (Å²) >= 11 is 0. The summed E-state index contributed by atoms with van der Waals surface area (Å²) in [7, 11) is 1.68. The molecule has 0 aliphatic heterocycles. The number of H-pyrrole nitrogens is 1. The van der Waals surface area contributed by atoms with Gasteiger partial charge in [0.05, 0.1) is 7.11 Å². The zero-order valence-corrected chi connectivity index (χ0v) is 9.58. The number of nitrogens with one attached hydrogen (secondary N) is 2. The summed E-state index contributed by atoms with van der Waals surface area (Å²) in [4.78, 5) is 3.16. The molecule has 3 nitrogen and oxygen atoms in total. The SMILES string of the molecule is COc1ccc(CNc2[nH]ccc2C)cc1. The van der Waals surface area contributed by atoms with E-state index in [1.165, 1.54) is 11.1 Å². The summed E-state index contributed by atoms with van der Waals surface area (Å²) < 4.78 is 5.11. The van der Waals surface area contributed by atoms with Crippen LogP contribution in [-0.4, -0.2) is 12.1 Å². The highest BCUT2D eigenvalue weighted by atomic mass is 16.5. The van der Waals surface area contributed by atoms with Crippen LogP contribution in [0.25, 0.3) is 0 Å². The summed E-state index contributed by atoms with van der Waals surface area (Å²) in [6, 6.07) is 10.1. The van der Waals surface area contributed by atoms with Crippen LogP contribution in [-0.2, 0) is 6.54 Å². The van der Waals surface area contributed by atoms with E-state index in [-0.39, 0.29) is 0 Å². The van der Waals surface area contributed by atoms with Gasteiger partial charge in [-0.05, 0) is 36.2 Å². The molecule has 16 heavy (non-hydrogen) atoms. The molecule has 1 heterocycles. The second-order valence-corrected chi connectivity index (χ2v) is 3.74. The standard InChI is InChI=1S/C13H16N2O/c1-10-7-8-14-13(10)15-9-11-3-5-12(16-2)6-4-11/h3-8,14-15H,9H2,1-2H3. The second-order valence-electron chi connectivity index (χ2n) is 3.74. The molecule has 0 aliphatic carbocycles. The average molecular weight is 216 g/mol. The second kappa shape index (κ2) is 4.75. The molecule has 0 aliphatic rings. The van der Waals surface area contributed by atoms with E-state index >= 15 is 0 Å². The third-order valence-electron chi connectivity index (χ3n) is 2.58. The van der Waals surface area contributed by atoms with Gasteiger partial charge in [0, 0.05) is 12.7 Å². The number of anilines is 1. The molecule has 3 heteroatoms. The Morgan fingerprint density at radius 2 is 1.94 bits per heavy atom. The minimum absolute atomic E-state index is 0.811. The van der Waals surface area contributed by atoms with E-state index in [0.29, 0.717) is 0 Å². The molecule has 2 N–H and O–H groups in total. The van der Waals surface area contributed by atoms with E-state index in [1.807, 2.05) is 18.3 Å². The minimum atomic E-state index is 0.811. The summed E-state index contributed by atoms with van der Waals surface area (Å²) in [6.45, 7) is 2.89. The predicted molar refractivity (Wildman–Crippen MR) is 65.9 cm³/mol. The highest BCUT2D eigenvalue weighted by molar-refractivity contribution is 5.44. The van der Waals surface area contributed by atoms with Gasteiger partial charge < -0.3 is 15.0 Å². The van der Waals surface area contributed by atoms with Crippen molar-refractivity contribution in [2.45, 2.75) is 13.5 Å². The fourth-order valence-electron chi connectivity index (χ4n) is 1.57. The van der Waals surface area contributed by atoms with Crippen molar-refractivity contribution in [3.8, 4) is 5.75 Å². The van der Waals surface area contributed by atoms with Crippen LogP contribution in [0, 0.1) is 6.92 Å². The van der Waals surface area contributed by atoms with Crippen molar-refractivity contribution >= 4 is 5.82 Å². The first-order chi connectivity index (χ1) is 7.79. The van der Waals surface area contributed by atoms with Crippen molar-refractivity contribution in [1.29, 1.82) is 0 Å². The molecule has 0 fully saturated rings. The van der Waals surface area contributed by atoms with E-state index in [9.17, 15) is 0 Å². The zero-order valence-electron chi connectivity index (χ0n) is 9.58. The maximum Gasteiger partial charge on any atom is 0.118 e. The lowest BCUT2D eigenvalue weighted by molar-refractivity contribution is 0.414. The molecular weight excluding hydrogens is 200 g/mol. The molecule has 0 bridgehead atoms. The lowest BCUT2D eigenvalue weighted by atomic mass is 10.2. The first kappa shape index (κ1) is 10.6. The Hall–Kier alpha value is -1.90. The van der Waals surface area contributed by atoms with Crippen LogP contribution in [0.3, 0.4) is 0 Å². The molecule has 2 aromatic rings. The number of hydrogen-bond acceptors (Lipinski definition) is 2. The first-order valence-corrected chi connectivity index (χ1v) is 5.30. The minimum Gasteiger partial charge on any atom is -0.497 e. The molecule has 84 valence electrons. The maximum absolute atomic E-state index is 5.11. The van der Waals surface area contributed by atoms with E-state index in [4.69, 9.17) is 4.74 Å². The number of rotatable bonds is 4. The van der Waals surface area contributed by atoms with Crippen LogP contribution in [0.1, 0.15) is 11.1 Å². The Balaban J connectivity index is 1.97. The smallest absolute Gasteiger partial charge is 0.118 e. The molecule has 1 aromatic carbocycles. The topological polar surface area (TPSA) is 37.0 Å². The van der Waals surface area contributed by atoms with Crippen LogP contribution >= 0.6 is 0 Å². The number of benzene rings is 1. The Labute approximate surface area is 95.5 Å². The molecule has 0 saturated carbocycles. The van der Waals surface area contributed by atoms with Crippen molar-refractivity contribution in [3.63, 3.8) is 0 Å². The molecule has 0 amide bonds. The summed E-state index contributed by atoms with van der Waals surface area (Å²) in [5, 5.41) is 3.35. The van der Waals surface area contributed by atoms with Crippen LogP contribution in [0.2, 0.25) is 0 Å². The quantitative estimate of drug-likeness (QED) is 0.824. The normalized spacial score (nSPS) is 10.1. The molecule has 1 aromatic heterocycles.